The molecule has 0 saturated carbocycles. The van der Waals surface area contributed by atoms with Crippen LogP contribution in [0.2, 0.25) is 10.0 Å². The van der Waals surface area contributed by atoms with Crippen LogP contribution in [-0.2, 0) is 21.6 Å². The van der Waals surface area contributed by atoms with Gasteiger partial charge in [-0.1, -0.05) is 45.2 Å². The fourth-order valence-electron chi connectivity index (χ4n) is 2.47. The van der Waals surface area contributed by atoms with Crippen LogP contribution in [0.5, 0.6) is 0 Å². The average Bonchev–Trinajstić information content (AvgIpc) is 3.09. The summed E-state index contributed by atoms with van der Waals surface area (Å²) in [5.74, 6) is 0. The van der Waals surface area contributed by atoms with E-state index < -0.39 is 5.60 Å². The zero-order valence-corrected chi connectivity index (χ0v) is 14.1. The summed E-state index contributed by atoms with van der Waals surface area (Å²) in [6, 6.07) is 5.42. The minimum absolute atomic E-state index is 0.305. The van der Waals surface area contributed by atoms with Crippen molar-refractivity contribution in [3.05, 3.63) is 52.5 Å². The van der Waals surface area contributed by atoms with E-state index in [9.17, 15) is 0 Å². The Morgan fingerprint density at radius 2 is 2.29 bits per heavy atom. The SMILES string of the molecule is Clc1ccc([C@]2(Cn3ccnc3)CO[C@H](CBr)O2)c(Cl)c1. The van der Waals surface area contributed by atoms with Crippen molar-refractivity contribution < 1.29 is 9.47 Å². The predicted octanol–water partition coefficient (Wildman–Crippen LogP) is 3.85. The Bertz CT molecular complexity index is 623. The van der Waals surface area contributed by atoms with Crippen molar-refractivity contribution in [2.24, 2.45) is 0 Å². The first-order chi connectivity index (χ1) is 10.1. The van der Waals surface area contributed by atoms with Crippen molar-refractivity contribution >= 4 is 39.1 Å². The monoisotopic (exact) mass is 390 g/mol. The van der Waals surface area contributed by atoms with Gasteiger partial charge in [0.2, 0.25) is 0 Å². The highest BCUT2D eigenvalue weighted by atomic mass is 79.9. The summed E-state index contributed by atoms with van der Waals surface area (Å²) in [5.41, 5.74) is 0.214. The second-order valence-corrected chi connectivity index (χ2v) is 6.36. The molecule has 3 rings (SSSR count). The largest absolute Gasteiger partial charge is 0.348 e. The molecule has 1 aromatic carbocycles. The third kappa shape index (κ3) is 3.12. The Labute approximate surface area is 141 Å². The summed E-state index contributed by atoms with van der Waals surface area (Å²) in [4.78, 5) is 4.07. The van der Waals surface area contributed by atoms with Crippen LogP contribution in [0.3, 0.4) is 0 Å². The normalized spacial score (nSPS) is 25.4. The lowest BCUT2D eigenvalue weighted by Crippen LogP contribution is -2.35. The van der Waals surface area contributed by atoms with Gasteiger partial charge < -0.3 is 14.0 Å². The molecular weight excluding hydrogens is 379 g/mol. The van der Waals surface area contributed by atoms with Gasteiger partial charge in [-0.2, -0.15) is 0 Å². The second-order valence-electron chi connectivity index (χ2n) is 4.87. The maximum Gasteiger partial charge on any atom is 0.168 e. The molecule has 1 aliphatic heterocycles. The summed E-state index contributed by atoms with van der Waals surface area (Å²) in [5, 5.41) is 1.77. The molecule has 1 aromatic heterocycles. The molecule has 112 valence electrons. The van der Waals surface area contributed by atoms with Gasteiger partial charge in [-0.3, -0.25) is 0 Å². The summed E-state index contributed by atoms with van der Waals surface area (Å²) in [6.07, 6.45) is 5.06. The van der Waals surface area contributed by atoms with Gasteiger partial charge in [0.25, 0.3) is 0 Å². The van der Waals surface area contributed by atoms with Gasteiger partial charge in [-0.15, -0.1) is 0 Å². The average molecular weight is 392 g/mol. The van der Waals surface area contributed by atoms with Crippen LogP contribution in [0.25, 0.3) is 0 Å². The highest BCUT2D eigenvalue weighted by Gasteiger charge is 2.44. The number of halogens is 3. The minimum atomic E-state index is -0.652. The lowest BCUT2D eigenvalue weighted by Gasteiger charge is -2.29. The maximum absolute atomic E-state index is 6.37. The molecule has 2 heterocycles. The zero-order chi connectivity index (χ0) is 14.9. The summed E-state index contributed by atoms with van der Waals surface area (Å²) < 4.78 is 13.8. The molecule has 0 unspecified atom stereocenters. The molecule has 1 aliphatic rings. The Balaban J connectivity index is 1.99. The van der Waals surface area contributed by atoms with Gasteiger partial charge in [0.15, 0.2) is 6.29 Å². The van der Waals surface area contributed by atoms with Gasteiger partial charge in [-0.05, 0) is 12.1 Å². The van der Waals surface area contributed by atoms with Crippen molar-refractivity contribution in [1.29, 1.82) is 0 Å². The maximum atomic E-state index is 6.37. The third-order valence-electron chi connectivity index (χ3n) is 3.40. The van der Waals surface area contributed by atoms with E-state index in [4.69, 9.17) is 32.7 Å². The number of ether oxygens (including phenoxy) is 2. The van der Waals surface area contributed by atoms with Crippen LogP contribution in [0.4, 0.5) is 0 Å². The lowest BCUT2D eigenvalue weighted by molar-refractivity contribution is -0.0819. The van der Waals surface area contributed by atoms with Crippen LogP contribution in [0.1, 0.15) is 5.56 Å². The lowest BCUT2D eigenvalue weighted by atomic mass is 9.94. The predicted molar refractivity (Wildman–Crippen MR) is 85.0 cm³/mol. The Morgan fingerprint density at radius 1 is 1.43 bits per heavy atom. The van der Waals surface area contributed by atoms with Crippen molar-refractivity contribution in [2.75, 3.05) is 11.9 Å². The van der Waals surface area contributed by atoms with Crippen LogP contribution in [0, 0.1) is 0 Å². The first kappa shape index (κ1) is 15.3. The van der Waals surface area contributed by atoms with Crippen molar-refractivity contribution in [2.45, 2.75) is 18.4 Å². The van der Waals surface area contributed by atoms with Crippen LogP contribution in [-0.4, -0.2) is 27.8 Å². The molecule has 0 radical (unpaired) electrons. The number of rotatable bonds is 4. The zero-order valence-electron chi connectivity index (χ0n) is 11.0. The fourth-order valence-corrected chi connectivity index (χ4v) is 3.37. The molecule has 2 atom stereocenters. The number of imidazole rings is 1. The molecule has 1 saturated heterocycles. The minimum Gasteiger partial charge on any atom is -0.348 e. The number of aromatic nitrogens is 2. The number of nitrogens with zero attached hydrogens (tertiary/aromatic N) is 2. The van der Waals surface area contributed by atoms with E-state index in [1.54, 1.807) is 18.6 Å². The van der Waals surface area contributed by atoms with Crippen LogP contribution in [0.15, 0.2) is 36.9 Å². The molecule has 2 aromatic rings. The Kier molecular flexibility index (Phi) is 4.57. The van der Waals surface area contributed by atoms with Gasteiger partial charge in [0.1, 0.15) is 5.60 Å². The summed E-state index contributed by atoms with van der Waals surface area (Å²) in [7, 11) is 0. The molecule has 1 fully saturated rings. The number of hydrogen-bond acceptors (Lipinski definition) is 3. The first-order valence-electron chi connectivity index (χ1n) is 6.40. The van der Waals surface area contributed by atoms with Gasteiger partial charge in [0, 0.05) is 28.0 Å². The Hall–Kier alpha value is -0.590. The third-order valence-corrected chi connectivity index (χ3v) is 4.48. The highest BCUT2D eigenvalue weighted by molar-refractivity contribution is 9.09. The first-order valence-corrected chi connectivity index (χ1v) is 8.27. The standard InChI is InChI=1S/C14H13BrCl2N2O2/c15-6-13-20-8-14(21-13,7-19-4-3-18-9-19)11-2-1-10(16)5-12(11)17/h1-5,9,13H,6-8H2/t13-,14-/m0/s1. The van der Waals surface area contributed by atoms with Gasteiger partial charge >= 0.3 is 0 Å². The number of hydrogen-bond donors (Lipinski definition) is 0. The van der Waals surface area contributed by atoms with E-state index in [0.717, 1.165) is 5.56 Å². The molecular formula is C14H13BrCl2N2O2. The van der Waals surface area contributed by atoms with Gasteiger partial charge in [0.05, 0.1) is 24.8 Å². The van der Waals surface area contributed by atoms with Gasteiger partial charge in [-0.25, -0.2) is 4.98 Å². The molecule has 21 heavy (non-hydrogen) atoms. The quantitative estimate of drug-likeness (QED) is 0.742. The molecule has 0 amide bonds. The molecule has 7 heteroatoms. The molecule has 0 aliphatic carbocycles. The Morgan fingerprint density at radius 3 is 2.90 bits per heavy atom. The highest BCUT2D eigenvalue weighted by Crippen LogP contribution is 2.40. The fraction of sp³-hybridized carbons (Fsp3) is 0.357. The van der Waals surface area contributed by atoms with Crippen molar-refractivity contribution in [1.82, 2.24) is 9.55 Å². The van der Waals surface area contributed by atoms with E-state index in [2.05, 4.69) is 20.9 Å². The molecule has 0 bridgehead atoms. The van der Waals surface area contributed by atoms with Crippen LogP contribution >= 0.6 is 39.1 Å². The topological polar surface area (TPSA) is 36.3 Å². The van der Waals surface area contributed by atoms with Crippen molar-refractivity contribution in [3.63, 3.8) is 0 Å². The van der Waals surface area contributed by atoms with E-state index in [-0.39, 0.29) is 6.29 Å². The summed E-state index contributed by atoms with van der Waals surface area (Å²) in [6.45, 7) is 0.987. The van der Waals surface area contributed by atoms with E-state index in [0.29, 0.717) is 28.5 Å². The van der Waals surface area contributed by atoms with E-state index >= 15 is 0 Å². The summed E-state index contributed by atoms with van der Waals surface area (Å²) >= 11 is 15.7. The molecule has 0 N–H and O–H groups in total. The number of alkyl halides is 1. The molecule has 4 nitrogen and oxygen atoms in total. The smallest absolute Gasteiger partial charge is 0.168 e. The van der Waals surface area contributed by atoms with E-state index in [1.165, 1.54) is 0 Å². The van der Waals surface area contributed by atoms with Crippen LogP contribution < -0.4 is 0 Å². The molecule has 0 spiro atoms. The van der Waals surface area contributed by atoms with Crippen molar-refractivity contribution in [3.8, 4) is 0 Å². The van der Waals surface area contributed by atoms with E-state index in [1.807, 2.05) is 22.9 Å². The number of benzene rings is 1. The second kappa shape index (κ2) is 6.26.